The first-order valence-corrected chi connectivity index (χ1v) is 6.86. The second kappa shape index (κ2) is 6.52. The Morgan fingerprint density at radius 2 is 2.00 bits per heavy atom. The van der Waals surface area contributed by atoms with Crippen LogP contribution in [0.15, 0.2) is 21.1 Å². The third-order valence-electron chi connectivity index (χ3n) is 2.51. The lowest BCUT2D eigenvalue weighted by Crippen LogP contribution is -2.02. The molecule has 0 aliphatic carbocycles. The van der Waals surface area contributed by atoms with Gasteiger partial charge in [0.2, 0.25) is 0 Å². The molecule has 0 heterocycles. The van der Waals surface area contributed by atoms with Gasteiger partial charge in [-0.2, -0.15) is 0 Å². The zero-order valence-corrected chi connectivity index (χ0v) is 12.6. The highest BCUT2D eigenvalue weighted by Gasteiger charge is 2.13. The van der Waals surface area contributed by atoms with Crippen LogP contribution in [0, 0.1) is 6.92 Å². The Labute approximate surface area is 117 Å². The standard InChI is InChI=1S/C12H14Br2O3/c1-7-5-10(14)8(6-9(7)13)11(15)3-2-4-12(16)17/h5-6,11,15H,2-4H2,1H3,(H,16,17). The zero-order valence-electron chi connectivity index (χ0n) is 9.41. The summed E-state index contributed by atoms with van der Waals surface area (Å²) in [6.45, 7) is 1.97. The van der Waals surface area contributed by atoms with Crippen LogP contribution >= 0.6 is 31.9 Å². The summed E-state index contributed by atoms with van der Waals surface area (Å²) in [5, 5.41) is 18.5. The molecule has 0 saturated carbocycles. The second-order valence-corrected chi connectivity index (χ2v) is 5.63. The fourth-order valence-electron chi connectivity index (χ4n) is 1.52. The molecule has 1 aromatic carbocycles. The number of aliphatic carboxylic acids is 1. The SMILES string of the molecule is Cc1cc(Br)c(C(O)CCCC(=O)O)cc1Br. The van der Waals surface area contributed by atoms with Crippen molar-refractivity contribution < 1.29 is 15.0 Å². The number of benzene rings is 1. The zero-order chi connectivity index (χ0) is 13.0. The molecule has 0 aliphatic rings. The van der Waals surface area contributed by atoms with Crippen molar-refractivity contribution in [2.24, 2.45) is 0 Å². The Bertz CT molecular complexity index is 418. The molecule has 0 saturated heterocycles. The lowest BCUT2D eigenvalue weighted by atomic mass is 10.0. The van der Waals surface area contributed by atoms with Crippen molar-refractivity contribution in [3.63, 3.8) is 0 Å². The monoisotopic (exact) mass is 364 g/mol. The van der Waals surface area contributed by atoms with E-state index in [1.807, 2.05) is 19.1 Å². The van der Waals surface area contributed by atoms with Gasteiger partial charge in [-0.15, -0.1) is 0 Å². The molecule has 0 bridgehead atoms. The summed E-state index contributed by atoms with van der Waals surface area (Å²) in [6.07, 6.45) is 0.358. The van der Waals surface area contributed by atoms with Crippen molar-refractivity contribution in [1.29, 1.82) is 0 Å². The van der Waals surface area contributed by atoms with Gasteiger partial charge in [0.25, 0.3) is 0 Å². The number of hydrogen-bond donors (Lipinski definition) is 2. The number of hydrogen-bond acceptors (Lipinski definition) is 2. The number of halogens is 2. The van der Waals surface area contributed by atoms with E-state index in [1.165, 1.54) is 0 Å². The van der Waals surface area contributed by atoms with Gasteiger partial charge in [-0.25, -0.2) is 0 Å². The number of aliphatic hydroxyl groups is 1. The van der Waals surface area contributed by atoms with Crippen LogP contribution in [0.1, 0.15) is 36.5 Å². The average molecular weight is 366 g/mol. The Morgan fingerprint density at radius 3 is 2.59 bits per heavy atom. The molecule has 3 nitrogen and oxygen atoms in total. The predicted molar refractivity (Wildman–Crippen MR) is 73.0 cm³/mol. The normalized spacial score (nSPS) is 12.5. The number of aryl methyl sites for hydroxylation is 1. The highest BCUT2D eigenvalue weighted by molar-refractivity contribution is 9.11. The maximum atomic E-state index is 10.4. The third kappa shape index (κ3) is 4.41. The molecule has 94 valence electrons. The minimum atomic E-state index is -0.832. The lowest BCUT2D eigenvalue weighted by molar-refractivity contribution is -0.137. The van der Waals surface area contributed by atoms with E-state index < -0.39 is 12.1 Å². The van der Waals surface area contributed by atoms with Gasteiger partial charge in [0.1, 0.15) is 0 Å². The number of rotatable bonds is 5. The number of carboxylic acid groups (broad SMARTS) is 1. The number of carbonyl (C=O) groups is 1. The minimum Gasteiger partial charge on any atom is -0.481 e. The highest BCUT2D eigenvalue weighted by Crippen LogP contribution is 2.31. The molecule has 1 atom stereocenters. The molecule has 0 amide bonds. The van der Waals surface area contributed by atoms with Gasteiger partial charge in [-0.1, -0.05) is 31.9 Å². The summed E-state index contributed by atoms with van der Waals surface area (Å²) >= 11 is 6.82. The third-order valence-corrected chi connectivity index (χ3v) is 4.05. The van der Waals surface area contributed by atoms with Crippen LogP contribution in [0.25, 0.3) is 0 Å². The molecule has 17 heavy (non-hydrogen) atoms. The molecule has 0 aromatic heterocycles. The average Bonchev–Trinajstić information content (AvgIpc) is 2.22. The minimum absolute atomic E-state index is 0.0850. The van der Waals surface area contributed by atoms with Gasteiger partial charge < -0.3 is 10.2 Å². The molecule has 0 spiro atoms. The van der Waals surface area contributed by atoms with E-state index >= 15 is 0 Å². The molecular formula is C12H14Br2O3. The lowest BCUT2D eigenvalue weighted by Gasteiger charge is -2.14. The largest absolute Gasteiger partial charge is 0.481 e. The number of carboxylic acids is 1. The summed E-state index contributed by atoms with van der Waals surface area (Å²) in [4.78, 5) is 10.4. The van der Waals surface area contributed by atoms with Crippen molar-refractivity contribution in [2.45, 2.75) is 32.3 Å². The Balaban J connectivity index is 2.71. The van der Waals surface area contributed by atoms with Crippen LogP contribution in [0.3, 0.4) is 0 Å². The van der Waals surface area contributed by atoms with Gasteiger partial charge in [-0.05, 0) is 43.0 Å². The van der Waals surface area contributed by atoms with E-state index in [9.17, 15) is 9.90 Å². The Hall–Kier alpha value is -0.390. The van der Waals surface area contributed by atoms with E-state index in [0.717, 1.165) is 20.1 Å². The highest BCUT2D eigenvalue weighted by atomic mass is 79.9. The molecule has 0 fully saturated rings. The van der Waals surface area contributed by atoms with E-state index in [2.05, 4.69) is 31.9 Å². The van der Waals surface area contributed by atoms with Crippen LogP contribution in [0.4, 0.5) is 0 Å². The molecule has 0 radical (unpaired) electrons. The first-order chi connectivity index (χ1) is 7.91. The first-order valence-electron chi connectivity index (χ1n) is 5.27. The molecule has 1 unspecified atom stereocenters. The van der Waals surface area contributed by atoms with Crippen LogP contribution in [-0.2, 0) is 4.79 Å². The van der Waals surface area contributed by atoms with Gasteiger partial charge in [0.15, 0.2) is 0 Å². The Kier molecular flexibility index (Phi) is 5.62. The molecular weight excluding hydrogens is 352 g/mol. The van der Waals surface area contributed by atoms with E-state index in [1.54, 1.807) is 0 Å². The van der Waals surface area contributed by atoms with Crippen molar-refractivity contribution >= 4 is 37.8 Å². The van der Waals surface area contributed by atoms with Crippen molar-refractivity contribution in [1.82, 2.24) is 0 Å². The predicted octanol–water partition coefficient (Wildman–Crippen LogP) is 3.81. The number of aliphatic hydroxyl groups excluding tert-OH is 1. The van der Waals surface area contributed by atoms with Gasteiger partial charge in [-0.3, -0.25) is 4.79 Å². The summed E-state index contributed by atoms with van der Waals surface area (Å²) in [5.41, 5.74) is 1.87. The van der Waals surface area contributed by atoms with Crippen LogP contribution in [0.5, 0.6) is 0 Å². The van der Waals surface area contributed by atoms with Crippen molar-refractivity contribution in [2.75, 3.05) is 0 Å². The van der Waals surface area contributed by atoms with Crippen LogP contribution < -0.4 is 0 Å². The summed E-state index contributed by atoms with van der Waals surface area (Å²) in [5.74, 6) is -0.832. The molecule has 2 N–H and O–H groups in total. The maximum absolute atomic E-state index is 10.4. The molecule has 1 rings (SSSR count). The van der Waals surface area contributed by atoms with Gasteiger partial charge >= 0.3 is 5.97 Å². The topological polar surface area (TPSA) is 57.5 Å². The quantitative estimate of drug-likeness (QED) is 0.834. The van der Waals surface area contributed by atoms with E-state index in [4.69, 9.17) is 5.11 Å². The second-order valence-electron chi connectivity index (χ2n) is 3.92. The summed E-state index contributed by atoms with van der Waals surface area (Å²) < 4.78 is 1.79. The van der Waals surface area contributed by atoms with Crippen molar-refractivity contribution in [3.05, 3.63) is 32.2 Å². The first kappa shape index (κ1) is 14.7. The van der Waals surface area contributed by atoms with Crippen molar-refractivity contribution in [3.8, 4) is 0 Å². The summed E-state index contributed by atoms with van der Waals surface area (Å²) in [7, 11) is 0. The van der Waals surface area contributed by atoms with E-state index in [0.29, 0.717) is 12.8 Å². The fraction of sp³-hybridized carbons (Fsp3) is 0.417. The molecule has 0 aliphatic heterocycles. The van der Waals surface area contributed by atoms with Gasteiger partial charge in [0, 0.05) is 15.4 Å². The molecule has 5 heteroatoms. The van der Waals surface area contributed by atoms with E-state index in [-0.39, 0.29) is 6.42 Å². The summed E-state index contributed by atoms with van der Waals surface area (Å²) in [6, 6.07) is 3.80. The Morgan fingerprint density at radius 1 is 1.35 bits per heavy atom. The fourth-order valence-corrected chi connectivity index (χ4v) is 2.60. The van der Waals surface area contributed by atoms with Crippen LogP contribution in [0.2, 0.25) is 0 Å². The van der Waals surface area contributed by atoms with Crippen LogP contribution in [-0.4, -0.2) is 16.2 Å². The molecule has 1 aromatic rings. The van der Waals surface area contributed by atoms with Gasteiger partial charge in [0.05, 0.1) is 6.10 Å². The smallest absolute Gasteiger partial charge is 0.303 e. The maximum Gasteiger partial charge on any atom is 0.303 e.